The lowest BCUT2D eigenvalue weighted by atomic mass is 10.2. The highest BCUT2D eigenvalue weighted by Gasteiger charge is 2.09. The Hall–Kier alpha value is -2.69. The maximum atomic E-state index is 5.65. The Bertz CT molecular complexity index is 978. The molecule has 0 unspecified atom stereocenters. The number of aryl methyl sites for hydroxylation is 1. The monoisotopic (exact) mass is 553 g/mol. The Kier molecular flexibility index (Phi) is 10.9. The summed E-state index contributed by atoms with van der Waals surface area (Å²) in [6.07, 6.45) is 5.25. The van der Waals surface area contributed by atoms with Gasteiger partial charge in [0.2, 0.25) is 0 Å². The van der Waals surface area contributed by atoms with E-state index in [-0.39, 0.29) is 24.0 Å². The van der Waals surface area contributed by atoms with E-state index in [2.05, 4.69) is 38.6 Å². The Labute approximate surface area is 206 Å². The summed E-state index contributed by atoms with van der Waals surface area (Å²) in [5, 5.41) is 7.62. The minimum absolute atomic E-state index is 0. The Morgan fingerprint density at radius 3 is 2.72 bits per heavy atom. The minimum Gasteiger partial charge on any atom is -0.497 e. The lowest BCUT2D eigenvalue weighted by Gasteiger charge is -2.12. The van der Waals surface area contributed by atoms with Crippen LogP contribution in [0.25, 0.3) is 10.9 Å². The van der Waals surface area contributed by atoms with Gasteiger partial charge in [0.25, 0.3) is 0 Å². The molecule has 0 saturated heterocycles. The molecule has 0 fully saturated rings. The van der Waals surface area contributed by atoms with Crippen molar-refractivity contribution >= 4 is 40.8 Å². The van der Waals surface area contributed by atoms with Crippen molar-refractivity contribution < 1.29 is 14.2 Å². The first kappa shape index (κ1) is 25.6. The zero-order chi connectivity index (χ0) is 21.9. The quantitative estimate of drug-likeness (QED) is 0.145. The van der Waals surface area contributed by atoms with Gasteiger partial charge in [0.15, 0.2) is 5.96 Å². The van der Waals surface area contributed by atoms with Crippen molar-refractivity contribution in [1.82, 2.24) is 20.6 Å². The molecule has 0 atom stereocenters. The molecular weight excluding hydrogens is 521 g/mol. The largest absolute Gasteiger partial charge is 0.497 e. The number of aromatic nitrogens is 2. The summed E-state index contributed by atoms with van der Waals surface area (Å²) in [7, 11) is 3.33. The van der Waals surface area contributed by atoms with Crippen molar-refractivity contribution in [3.8, 4) is 17.2 Å². The maximum Gasteiger partial charge on any atom is 0.191 e. The van der Waals surface area contributed by atoms with Crippen molar-refractivity contribution in [2.75, 3.05) is 40.5 Å². The van der Waals surface area contributed by atoms with Crippen molar-refractivity contribution in [3.63, 3.8) is 0 Å². The molecule has 3 rings (SSSR count). The minimum atomic E-state index is 0. The predicted molar refractivity (Wildman–Crippen MR) is 139 cm³/mol. The molecule has 2 aromatic heterocycles. The smallest absolute Gasteiger partial charge is 0.191 e. The van der Waals surface area contributed by atoms with Crippen LogP contribution >= 0.6 is 24.0 Å². The Balaban J connectivity index is 0.00000363. The summed E-state index contributed by atoms with van der Waals surface area (Å²) in [6, 6.07) is 9.77. The van der Waals surface area contributed by atoms with Crippen LogP contribution in [0, 0.1) is 0 Å². The van der Waals surface area contributed by atoms with Gasteiger partial charge in [0, 0.05) is 42.5 Å². The zero-order valence-electron chi connectivity index (χ0n) is 18.8. The fraction of sp³-hybridized carbons (Fsp3) is 0.391. The first-order valence-corrected chi connectivity index (χ1v) is 10.5. The summed E-state index contributed by atoms with van der Waals surface area (Å²) >= 11 is 0. The van der Waals surface area contributed by atoms with Crippen molar-refractivity contribution in [2.45, 2.75) is 19.8 Å². The first-order chi connectivity index (χ1) is 15.2. The normalized spacial score (nSPS) is 11.0. The van der Waals surface area contributed by atoms with E-state index in [1.54, 1.807) is 26.6 Å². The third-order valence-corrected chi connectivity index (χ3v) is 4.70. The number of fused-ring (bicyclic) bond motifs is 1. The molecule has 32 heavy (non-hydrogen) atoms. The van der Waals surface area contributed by atoms with Gasteiger partial charge in [-0.25, -0.2) is 0 Å². The second-order valence-corrected chi connectivity index (χ2v) is 6.91. The number of H-pyrrole nitrogens is 1. The van der Waals surface area contributed by atoms with E-state index in [1.165, 1.54) is 0 Å². The van der Waals surface area contributed by atoms with Crippen LogP contribution in [0.3, 0.4) is 0 Å². The molecule has 0 amide bonds. The van der Waals surface area contributed by atoms with E-state index in [9.17, 15) is 0 Å². The van der Waals surface area contributed by atoms with Gasteiger partial charge in [-0.1, -0.05) is 0 Å². The summed E-state index contributed by atoms with van der Waals surface area (Å²) in [5.74, 6) is 3.14. The highest BCUT2D eigenvalue weighted by molar-refractivity contribution is 14.0. The van der Waals surface area contributed by atoms with Gasteiger partial charge >= 0.3 is 0 Å². The molecule has 174 valence electrons. The third-order valence-electron chi connectivity index (χ3n) is 4.70. The second-order valence-electron chi connectivity index (χ2n) is 6.91. The van der Waals surface area contributed by atoms with Crippen LogP contribution < -0.4 is 24.8 Å². The van der Waals surface area contributed by atoms with Gasteiger partial charge in [-0.2, -0.15) is 0 Å². The number of nitrogens with one attached hydrogen (secondary N) is 3. The number of ether oxygens (including phenoxy) is 3. The highest BCUT2D eigenvalue weighted by atomic mass is 127. The van der Waals surface area contributed by atoms with Gasteiger partial charge in [-0.05, 0) is 38.0 Å². The Morgan fingerprint density at radius 2 is 2.00 bits per heavy atom. The van der Waals surface area contributed by atoms with Crippen LogP contribution in [-0.2, 0) is 6.42 Å². The summed E-state index contributed by atoms with van der Waals surface area (Å²) < 4.78 is 16.5. The average molecular weight is 553 g/mol. The number of hydrogen-bond acceptors (Lipinski definition) is 5. The molecule has 0 saturated carbocycles. The molecular formula is C23H32IN5O3. The molecule has 0 spiro atoms. The maximum absolute atomic E-state index is 5.65. The molecule has 8 nitrogen and oxygen atoms in total. The van der Waals surface area contributed by atoms with Crippen LogP contribution in [0.1, 0.15) is 19.0 Å². The standard InChI is InChI=1S/C23H31N5O3.HI/c1-4-25-23(27-11-12-31-18-8-6-9-24-16-18)26-10-5-7-17-13-20-21(28-17)14-19(29-2)15-22(20)30-3;/h6,8-9,13-16,28H,4-5,7,10-12H2,1-3H3,(H2,25,26,27);1H. The number of halogens is 1. The molecule has 0 radical (unpaired) electrons. The number of aliphatic imine (C=N–C) groups is 1. The van der Waals surface area contributed by atoms with Crippen LogP contribution in [0.15, 0.2) is 47.7 Å². The number of guanidine groups is 1. The third kappa shape index (κ3) is 7.47. The Morgan fingerprint density at radius 1 is 1.12 bits per heavy atom. The van der Waals surface area contributed by atoms with E-state index < -0.39 is 0 Å². The van der Waals surface area contributed by atoms with E-state index in [4.69, 9.17) is 14.2 Å². The zero-order valence-corrected chi connectivity index (χ0v) is 21.1. The SMILES string of the molecule is CCNC(=NCCCc1cc2c(OC)cc(OC)cc2[nH]1)NCCOc1cccnc1.I. The molecule has 3 aromatic rings. The summed E-state index contributed by atoms with van der Waals surface area (Å²) in [5.41, 5.74) is 2.16. The van der Waals surface area contributed by atoms with Crippen LogP contribution in [0.4, 0.5) is 0 Å². The average Bonchev–Trinajstić information content (AvgIpc) is 3.22. The second kappa shape index (κ2) is 13.7. The first-order valence-electron chi connectivity index (χ1n) is 10.5. The van der Waals surface area contributed by atoms with Gasteiger partial charge in [0.05, 0.1) is 32.5 Å². The van der Waals surface area contributed by atoms with Gasteiger partial charge < -0.3 is 29.8 Å². The summed E-state index contributed by atoms with van der Waals surface area (Å²) in [6.45, 7) is 4.77. The van der Waals surface area contributed by atoms with E-state index >= 15 is 0 Å². The molecule has 0 aliphatic heterocycles. The fourth-order valence-corrected chi connectivity index (χ4v) is 3.23. The van der Waals surface area contributed by atoms with Crippen molar-refractivity contribution in [1.29, 1.82) is 0 Å². The van der Waals surface area contributed by atoms with Crippen LogP contribution in [0.5, 0.6) is 17.2 Å². The van der Waals surface area contributed by atoms with Crippen LogP contribution in [-0.4, -0.2) is 56.4 Å². The molecule has 0 aliphatic rings. The predicted octanol–water partition coefficient (Wildman–Crippen LogP) is 3.76. The fourth-order valence-electron chi connectivity index (χ4n) is 3.23. The number of pyridine rings is 1. The number of hydrogen-bond donors (Lipinski definition) is 3. The van der Waals surface area contributed by atoms with Crippen LogP contribution in [0.2, 0.25) is 0 Å². The van der Waals surface area contributed by atoms with Gasteiger partial charge in [0.1, 0.15) is 23.9 Å². The lowest BCUT2D eigenvalue weighted by molar-refractivity contribution is 0.320. The number of nitrogens with zero attached hydrogens (tertiary/aromatic N) is 2. The van der Waals surface area contributed by atoms with E-state index in [0.717, 1.165) is 59.2 Å². The lowest BCUT2D eigenvalue weighted by Crippen LogP contribution is -2.39. The molecule has 2 heterocycles. The number of aromatic amines is 1. The molecule has 0 bridgehead atoms. The van der Waals surface area contributed by atoms with Gasteiger partial charge in [-0.3, -0.25) is 9.98 Å². The molecule has 3 N–H and O–H groups in total. The van der Waals surface area contributed by atoms with Gasteiger partial charge in [-0.15, -0.1) is 24.0 Å². The van der Waals surface area contributed by atoms with E-state index in [0.29, 0.717) is 19.7 Å². The number of rotatable bonds is 11. The molecule has 0 aliphatic carbocycles. The summed E-state index contributed by atoms with van der Waals surface area (Å²) in [4.78, 5) is 12.1. The number of benzene rings is 1. The molecule has 1 aromatic carbocycles. The highest BCUT2D eigenvalue weighted by Crippen LogP contribution is 2.31. The van der Waals surface area contributed by atoms with Crippen molar-refractivity contribution in [2.24, 2.45) is 4.99 Å². The van der Waals surface area contributed by atoms with Crippen molar-refractivity contribution in [3.05, 3.63) is 48.4 Å². The number of methoxy groups -OCH3 is 2. The van der Waals surface area contributed by atoms with E-state index in [1.807, 2.05) is 24.3 Å². The molecule has 9 heteroatoms. The topological polar surface area (TPSA) is 92.8 Å².